The zero-order chi connectivity index (χ0) is 11.3. The summed E-state index contributed by atoms with van der Waals surface area (Å²) in [6, 6.07) is 6.41. The van der Waals surface area contributed by atoms with E-state index in [0.29, 0.717) is 0 Å². The van der Waals surface area contributed by atoms with Gasteiger partial charge in [-0.15, -0.1) is 11.3 Å². The lowest BCUT2D eigenvalue weighted by Crippen LogP contribution is -2.09. The van der Waals surface area contributed by atoms with Gasteiger partial charge in [0.1, 0.15) is 11.9 Å². The van der Waals surface area contributed by atoms with Crippen molar-refractivity contribution >= 4 is 11.3 Å². The molecule has 0 aliphatic carbocycles. The van der Waals surface area contributed by atoms with E-state index in [4.69, 9.17) is 4.74 Å². The minimum absolute atomic E-state index is 0.177. The fourth-order valence-electron chi connectivity index (χ4n) is 2.27. The Bertz CT molecular complexity index is 554. The predicted octanol–water partition coefficient (Wildman–Crippen LogP) is 4.49. The summed E-state index contributed by atoms with van der Waals surface area (Å²) < 4.78 is 5.96. The summed E-state index contributed by atoms with van der Waals surface area (Å²) in [5.41, 5.74) is 5.29. The van der Waals surface area contributed by atoms with Crippen molar-refractivity contribution in [2.75, 3.05) is 0 Å². The van der Waals surface area contributed by atoms with Gasteiger partial charge in [0.05, 0.1) is 0 Å². The molecule has 2 aromatic rings. The monoisotopic (exact) mass is 230 g/mol. The summed E-state index contributed by atoms with van der Waals surface area (Å²) in [5, 5.41) is 2.15. The molecule has 3 rings (SSSR count). The van der Waals surface area contributed by atoms with Gasteiger partial charge in [0.25, 0.3) is 0 Å². The van der Waals surface area contributed by atoms with Crippen molar-refractivity contribution in [2.24, 2.45) is 0 Å². The Morgan fingerprint density at radius 1 is 1.19 bits per heavy atom. The predicted molar refractivity (Wildman–Crippen MR) is 68.3 cm³/mol. The Balaban J connectivity index is 2.34. The molecular weight excluding hydrogens is 216 g/mol. The molecule has 1 unspecified atom stereocenters. The molecule has 1 nitrogen and oxygen atoms in total. The highest BCUT2D eigenvalue weighted by Crippen LogP contribution is 2.47. The van der Waals surface area contributed by atoms with Crippen LogP contribution in [0.3, 0.4) is 0 Å². The largest absolute Gasteiger partial charge is 0.485 e. The van der Waals surface area contributed by atoms with Crippen molar-refractivity contribution in [3.8, 4) is 16.2 Å². The van der Waals surface area contributed by atoms with Gasteiger partial charge in [0.2, 0.25) is 0 Å². The smallest absolute Gasteiger partial charge is 0.129 e. The van der Waals surface area contributed by atoms with Crippen molar-refractivity contribution in [2.45, 2.75) is 26.9 Å². The van der Waals surface area contributed by atoms with Crippen LogP contribution in [0.4, 0.5) is 0 Å². The number of rotatable bonds is 0. The lowest BCUT2D eigenvalue weighted by molar-refractivity contribution is 0.224. The quantitative estimate of drug-likeness (QED) is 0.648. The van der Waals surface area contributed by atoms with Crippen LogP contribution in [0.25, 0.3) is 10.4 Å². The van der Waals surface area contributed by atoms with Crippen LogP contribution in [0.15, 0.2) is 23.6 Å². The SMILES string of the molecule is Cc1ccc2c(c1C)-c1sccc1C(C)O2. The fraction of sp³-hybridized carbons (Fsp3) is 0.286. The molecule has 1 aliphatic heterocycles. The number of aryl methyl sites for hydroxylation is 1. The fourth-order valence-corrected chi connectivity index (χ4v) is 3.36. The minimum Gasteiger partial charge on any atom is -0.485 e. The Labute approximate surface area is 99.7 Å². The van der Waals surface area contributed by atoms with Gasteiger partial charge >= 0.3 is 0 Å². The van der Waals surface area contributed by atoms with Crippen LogP contribution in [-0.4, -0.2) is 0 Å². The van der Waals surface area contributed by atoms with Gasteiger partial charge in [-0.1, -0.05) is 6.07 Å². The maximum Gasteiger partial charge on any atom is 0.129 e. The second-order valence-corrected chi connectivity index (χ2v) is 5.26. The van der Waals surface area contributed by atoms with Crippen LogP contribution in [0.1, 0.15) is 29.7 Å². The van der Waals surface area contributed by atoms with E-state index in [-0.39, 0.29) is 6.10 Å². The number of hydrogen-bond donors (Lipinski definition) is 0. The molecular formula is C14H14OS. The lowest BCUT2D eigenvalue weighted by atomic mass is 9.95. The van der Waals surface area contributed by atoms with Crippen LogP contribution in [-0.2, 0) is 0 Å². The first-order chi connectivity index (χ1) is 7.68. The van der Waals surface area contributed by atoms with Crippen molar-refractivity contribution in [3.63, 3.8) is 0 Å². The summed E-state index contributed by atoms with van der Waals surface area (Å²) in [4.78, 5) is 1.38. The third kappa shape index (κ3) is 1.23. The molecule has 0 spiro atoms. The molecule has 0 N–H and O–H groups in total. The highest BCUT2D eigenvalue weighted by molar-refractivity contribution is 7.13. The second kappa shape index (κ2) is 3.36. The van der Waals surface area contributed by atoms with E-state index < -0.39 is 0 Å². The number of fused-ring (bicyclic) bond motifs is 3. The molecule has 82 valence electrons. The maximum absolute atomic E-state index is 5.96. The van der Waals surface area contributed by atoms with Gasteiger partial charge in [0.15, 0.2) is 0 Å². The summed E-state index contributed by atoms with van der Waals surface area (Å²) in [6.07, 6.45) is 0.177. The van der Waals surface area contributed by atoms with E-state index in [0.717, 1.165) is 5.75 Å². The van der Waals surface area contributed by atoms with Gasteiger partial charge in [-0.2, -0.15) is 0 Å². The number of benzene rings is 1. The average molecular weight is 230 g/mol. The summed E-state index contributed by atoms with van der Waals surface area (Å²) in [6.45, 7) is 6.45. The van der Waals surface area contributed by atoms with Crippen molar-refractivity contribution in [3.05, 3.63) is 40.3 Å². The molecule has 0 amide bonds. The molecule has 1 aliphatic rings. The molecule has 0 saturated carbocycles. The van der Waals surface area contributed by atoms with Crippen LogP contribution < -0.4 is 4.74 Å². The van der Waals surface area contributed by atoms with Crippen molar-refractivity contribution in [1.82, 2.24) is 0 Å². The van der Waals surface area contributed by atoms with Crippen molar-refractivity contribution in [1.29, 1.82) is 0 Å². The first-order valence-electron chi connectivity index (χ1n) is 5.53. The van der Waals surface area contributed by atoms with Crippen LogP contribution in [0, 0.1) is 13.8 Å². The van der Waals surface area contributed by atoms with E-state index in [9.17, 15) is 0 Å². The molecule has 1 aromatic heterocycles. The second-order valence-electron chi connectivity index (χ2n) is 4.35. The Hall–Kier alpha value is -1.28. The van der Waals surface area contributed by atoms with E-state index >= 15 is 0 Å². The van der Waals surface area contributed by atoms with Gasteiger partial charge in [-0.05, 0) is 49.4 Å². The summed E-state index contributed by atoms with van der Waals surface area (Å²) >= 11 is 1.81. The highest BCUT2D eigenvalue weighted by Gasteiger charge is 2.25. The van der Waals surface area contributed by atoms with Crippen LogP contribution in [0.5, 0.6) is 5.75 Å². The summed E-state index contributed by atoms with van der Waals surface area (Å²) in [7, 11) is 0. The minimum atomic E-state index is 0.177. The van der Waals surface area contributed by atoms with Gasteiger partial charge in [-0.3, -0.25) is 0 Å². The molecule has 16 heavy (non-hydrogen) atoms. The molecule has 1 aromatic carbocycles. The number of ether oxygens (including phenoxy) is 1. The first-order valence-corrected chi connectivity index (χ1v) is 6.41. The standard InChI is InChI=1S/C14H14OS/c1-8-4-5-12-13(9(8)2)14-11(6-7-16-14)10(3)15-12/h4-7,10H,1-3H3. The third-order valence-electron chi connectivity index (χ3n) is 3.36. The molecule has 2 heterocycles. The zero-order valence-electron chi connectivity index (χ0n) is 9.70. The molecule has 2 heteroatoms. The van der Waals surface area contributed by atoms with Gasteiger partial charge in [0, 0.05) is 16.0 Å². The van der Waals surface area contributed by atoms with Gasteiger partial charge < -0.3 is 4.74 Å². The van der Waals surface area contributed by atoms with E-state index in [1.54, 1.807) is 0 Å². The zero-order valence-corrected chi connectivity index (χ0v) is 10.5. The Kier molecular flexibility index (Phi) is 2.08. The lowest BCUT2D eigenvalue weighted by Gasteiger charge is -2.25. The Morgan fingerprint density at radius 3 is 2.81 bits per heavy atom. The van der Waals surface area contributed by atoms with Crippen LogP contribution >= 0.6 is 11.3 Å². The van der Waals surface area contributed by atoms with Gasteiger partial charge in [-0.25, -0.2) is 0 Å². The van der Waals surface area contributed by atoms with Crippen molar-refractivity contribution < 1.29 is 4.74 Å². The molecule has 0 bridgehead atoms. The number of hydrogen-bond acceptors (Lipinski definition) is 2. The molecule has 0 fully saturated rings. The average Bonchev–Trinajstić information content (AvgIpc) is 2.73. The maximum atomic E-state index is 5.96. The molecule has 0 radical (unpaired) electrons. The molecule has 1 atom stereocenters. The normalized spacial score (nSPS) is 17.6. The first kappa shape index (κ1) is 9.91. The van der Waals surface area contributed by atoms with E-state index in [2.05, 4.69) is 44.4 Å². The highest BCUT2D eigenvalue weighted by atomic mass is 32.1. The third-order valence-corrected chi connectivity index (χ3v) is 4.31. The Morgan fingerprint density at radius 2 is 2.00 bits per heavy atom. The van der Waals surface area contributed by atoms with Crippen LogP contribution in [0.2, 0.25) is 0 Å². The van der Waals surface area contributed by atoms with E-state index in [1.807, 2.05) is 11.3 Å². The van der Waals surface area contributed by atoms with E-state index in [1.165, 1.54) is 27.1 Å². The molecule has 0 saturated heterocycles. The number of thiophene rings is 1. The topological polar surface area (TPSA) is 9.23 Å². The summed E-state index contributed by atoms with van der Waals surface area (Å²) in [5.74, 6) is 1.03.